The fourth-order valence-corrected chi connectivity index (χ4v) is 4.41. The minimum atomic E-state index is 0.199. The lowest BCUT2D eigenvalue weighted by Gasteiger charge is -2.29. The van der Waals surface area contributed by atoms with Crippen molar-refractivity contribution in [3.63, 3.8) is 0 Å². The molecule has 0 bridgehead atoms. The Bertz CT molecular complexity index is 1150. The Kier molecular flexibility index (Phi) is 5.03. The van der Waals surface area contributed by atoms with Crippen LogP contribution in [0.4, 0.5) is 5.88 Å². The molecule has 1 aliphatic heterocycles. The molecule has 0 saturated carbocycles. The molecule has 150 valence electrons. The molecule has 7 nitrogen and oxygen atoms in total. The van der Waals surface area contributed by atoms with E-state index in [1.165, 1.54) is 0 Å². The maximum absolute atomic E-state index is 9.50. The first-order valence-electron chi connectivity index (χ1n) is 9.86. The highest BCUT2D eigenvalue weighted by atomic mass is 32.1. The average Bonchev–Trinajstić information content (AvgIpc) is 3.56. The molecule has 1 fully saturated rings. The van der Waals surface area contributed by atoms with Gasteiger partial charge in [-0.2, -0.15) is 10.2 Å². The number of thiophene rings is 1. The zero-order valence-electron chi connectivity index (χ0n) is 16.2. The summed E-state index contributed by atoms with van der Waals surface area (Å²) in [6, 6.07) is 16.0. The second-order valence-corrected chi connectivity index (χ2v) is 8.25. The molecule has 1 aliphatic rings. The fourth-order valence-electron chi connectivity index (χ4n) is 3.72. The summed E-state index contributed by atoms with van der Waals surface area (Å²) >= 11 is 1.65. The van der Waals surface area contributed by atoms with E-state index in [-0.39, 0.29) is 5.92 Å². The lowest BCUT2D eigenvalue weighted by atomic mass is 9.97. The molecule has 0 atom stereocenters. The van der Waals surface area contributed by atoms with Gasteiger partial charge < -0.3 is 13.8 Å². The molecule has 5 rings (SSSR count). The van der Waals surface area contributed by atoms with Crippen LogP contribution in [0.15, 0.2) is 56.8 Å². The predicted octanol–water partition coefficient (Wildman–Crippen LogP) is 4.63. The number of nitrogens with zero attached hydrogens (tertiary/aromatic N) is 5. The maximum Gasteiger partial charge on any atom is 0.234 e. The van der Waals surface area contributed by atoms with Crippen LogP contribution in [0.3, 0.4) is 0 Å². The summed E-state index contributed by atoms with van der Waals surface area (Å²) in [4.78, 5) is 12.2. The molecule has 0 aliphatic carbocycles. The van der Waals surface area contributed by atoms with Crippen molar-refractivity contribution in [2.45, 2.75) is 25.2 Å². The largest absolute Gasteiger partial charge is 0.423 e. The fraction of sp³-hybridized carbons (Fsp3) is 0.273. The minimum absolute atomic E-state index is 0.199. The molecular formula is C22H19N5O2S. The van der Waals surface area contributed by atoms with E-state index in [1.807, 2.05) is 47.8 Å². The van der Waals surface area contributed by atoms with Gasteiger partial charge in [-0.05, 0) is 24.3 Å². The van der Waals surface area contributed by atoms with Crippen LogP contribution in [0.5, 0.6) is 0 Å². The monoisotopic (exact) mass is 417 g/mol. The molecule has 8 heteroatoms. The van der Waals surface area contributed by atoms with E-state index in [9.17, 15) is 5.26 Å². The molecular weight excluding hydrogens is 398 g/mol. The van der Waals surface area contributed by atoms with Crippen molar-refractivity contribution in [1.29, 1.82) is 5.26 Å². The van der Waals surface area contributed by atoms with Crippen LogP contribution in [0, 0.1) is 11.3 Å². The zero-order chi connectivity index (χ0) is 20.3. The Balaban J connectivity index is 1.27. The number of piperidine rings is 1. The summed E-state index contributed by atoms with van der Waals surface area (Å²) < 4.78 is 11.5. The Morgan fingerprint density at radius 2 is 1.93 bits per heavy atom. The Hall–Kier alpha value is -3.44. The summed E-state index contributed by atoms with van der Waals surface area (Å²) in [6.07, 6.45) is 2.30. The highest BCUT2D eigenvalue weighted by Gasteiger charge is 2.29. The molecule has 30 heavy (non-hydrogen) atoms. The van der Waals surface area contributed by atoms with Crippen LogP contribution in [-0.2, 0) is 6.42 Å². The van der Waals surface area contributed by atoms with Crippen molar-refractivity contribution in [2.24, 2.45) is 0 Å². The van der Waals surface area contributed by atoms with Crippen LogP contribution in [0.2, 0.25) is 0 Å². The van der Waals surface area contributed by atoms with Crippen LogP contribution < -0.4 is 4.90 Å². The number of aromatic nitrogens is 3. The number of nitriles is 1. The highest BCUT2D eigenvalue weighted by Crippen LogP contribution is 2.33. The standard InChI is InChI=1S/C22H19N5O2S/c23-14-18-22(28-19(24-18)13-17-7-4-12-30-17)27-10-8-16(9-11-27)21-25-20(26-29-21)15-5-2-1-3-6-15/h1-7,12,16H,8-11,13H2. The SMILES string of the molecule is N#Cc1nc(Cc2cccs2)oc1N1CCC(c2nc(-c3ccccc3)no2)CC1. The van der Waals surface area contributed by atoms with Gasteiger partial charge in [0.1, 0.15) is 6.07 Å². The highest BCUT2D eigenvalue weighted by molar-refractivity contribution is 7.09. The maximum atomic E-state index is 9.50. The normalized spacial score (nSPS) is 14.7. The zero-order valence-corrected chi connectivity index (χ0v) is 17.0. The molecule has 0 N–H and O–H groups in total. The van der Waals surface area contributed by atoms with Crippen LogP contribution in [0.1, 0.15) is 41.1 Å². The topological polar surface area (TPSA) is 92.0 Å². The summed E-state index contributed by atoms with van der Waals surface area (Å²) in [6.45, 7) is 1.49. The second-order valence-electron chi connectivity index (χ2n) is 7.21. The van der Waals surface area contributed by atoms with E-state index in [4.69, 9.17) is 8.94 Å². The van der Waals surface area contributed by atoms with E-state index in [1.54, 1.807) is 11.3 Å². The molecule has 1 aromatic carbocycles. The Labute approximate surface area is 177 Å². The van der Waals surface area contributed by atoms with Gasteiger partial charge in [-0.25, -0.2) is 4.98 Å². The van der Waals surface area contributed by atoms with Crippen molar-refractivity contribution >= 4 is 17.2 Å². The van der Waals surface area contributed by atoms with Crippen molar-refractivity contribution < 1.29 is 8.94 Å². The van der Waals surface area contributed by atoms with Gasteiger partial charge in [-0.3, -0.25) is 0 Å². The lowest BCUT2D eigenvalue weighted by molar-refractivity contribution is 0.326. The van der Waals surface area contributed by atoms with Crippen LogP contribution in [-0.4, -0.2) is 28.2 Å². The molecule has 1 saturated heterocycles. The first-order chi connectivity index (χ1) is 14.8. The van der Waals surface area contributed by atoms with Gasteiger partial charge in [0.05, 0.1) is 6.42 Å². The van der Waals surface area contributed by atoms with Gasteiger partial charge in [0.15, 0.2) is 0 Å². The third-order valence-corrected chi connectivity index (χ3v) is 6.15. The molecule has 3 aromatic heterocycles. The Morgan fingerprint density at radius 1 is 1.10 bits per heavy atom. The average molecular weight is 417 g/mol. The van der Waals surface area contributed by atoms with Crippen LogP contribution in [0.25, 0.3) is 11.4 Å². The third kappa shape index (κ3) is 3.72. The summed E-state index contributed by atoms with van der Waals surface area (Å²) in [5.74, 6) is 2.64. The Morgan fingerprint density at radius 3 is 2.67 bits per heavy atom. The number of benzene rings is 1. The quantitative estimate of drug-likeness (QED) is 0.467. The number of hydrogen-bond acceptors (Lipinski definition) is 8. The van der Waals surface area contributed by atoms with Gasteiger partial charge in [-0.1, -0.05) is 41.6 Å². The van der Waals surface area contributed by atoms with Crippen molar-refractivity contribution in [3.8, 4) is 17.5 Å². The summed E-state index contributed by atoms with van der Waals surface area (Å²) in [7, 11) is 0. The summed E-state index contributed by atoms with van der Waals surface area (Å²) in [5, 5.41) is 15.7. The van der Waals surface area contributed by atoms with Crippen LogP contribution >= 0.6 is 11.3 Å². The molecule has 0 amide bonds. The minimum Gasteiger partial charge on any atom is -0.423 e. The van der Waals surface area contributed by atoms with E-state index < -0.39 is 0 Å². The van der Waals surface area contributed by atoms with Crippen molar-refractivity contribution in [1.82, 2.24) is 15.1 Å². The summed E-state index contributed by atoms with van der Waals surface area (Å²) in [5.41, 5.74) is 1.30. The molecule has 0 unspecified atom stereocenters. The molecule has 4 aromatic rings. The van der Waals surface area contributed by atoms with Gasteiger partial charge in [0.2, 0.25) is 29.2 Å². The van der Waals surface area contributed by atoms with E-state index in [0.29, 0.717) is 35.6 Å². The number of hydrogen-bond donors (Lipinski definition) is 0. The van der Waals surface area contributed by atoms with Crippen molar-refractivity contribution in [2.75, 3.05) is 18.0 Å². The van der Waals surface area contributed by atoms with E-state index >= 15 is 0 Å². The number of rotatable bonds is 5. The molecule has 4 heterocycles. The molecule has 0 radical (unpaired) electrons. The second kappa shape index (κ2) is 8.13. The lowest BCUT2D eigenvalue weighted by Crippen LogP contribution is -2.33. The first kappa shape index (κ1) is 18.6. The predicted molar refractivity (Wildman–Crippen MR) is 112 cm³/mol. The number of oxazole rings is 1. The third-order valence-electron chi connectivity index (χ3n) is 5.27. The molecule has 0 spiro atoms. The van der Waals surface area contributed by atoms with Gasteiger partial charge >= 0.3 is 0 Å². The van der Waals surface area contributed by atoms with Gasteiger partial charge in [-0.15, -0.1) is 11.3 Å². The smallest absolute Gasteiger partial charge is 0.234 e. The van der Waals surface area contributed by atoms with Gasteiger partial charge in [0.25, 0.3) is 0 Å². The van der Waals surface area contributed by atoms with Crippen molar-refractivity contribution in [3.05, 3.63) is 70.2 Å². The van der Waals surface area contributed by atoms with Gasteiger partial charge in [0, 0.05) is 29.4 Å². The number of anilines is 1. The first-order valence-corrected chi connectivity index (χ1v) is 10.7. The van der Waals surface area contributed by atoms with E-state index in [2.05, 4.69) is 26.1 Å². The van der Waals surface area contributed by atoms with E-state index in [0.717, 1.165) is 36.4 Å².